The molecule has 0 bridgehead atoms. The van der Waals surface area contributed by atoms with Crippen LogP contribution < -0.4 is 0 Å². The summed E-state index contributed by atoms with van der Waals surface area (Å²) in [4.78, 5) is 25.1. The van der Waals surface area contributed by atoms with Gasteiger partial charge in [-0.1, -0.05) is 0 Å². The van der Waals surface area contributed by atoms with Crippen molar-refractivity contribution in [1.29, 1.82) is 0 Å². The molecule has 1 aromatic rings. The van der Waals surface area contributed by atoms with Crippen LogP contribution in [-0.2, 0) is 4.79 Å². The summed E-state index contributed by atoms with van der Waals surface area (Å²) in [6, 6.07) is 1.78. The van der Waals surface area contributed by atoms with Gasteiger partial charge in [-0.15, -0.1) is 11.3 Å². The van der Waals surface area contributed by atoms with E-state index in [1.807, 2.05) is 0 Å². The van der Waals surface area contributed by atoms with Crippen LogP contribution >= 0.6 is 27.3 Å². The normalized spacial score (nSPS) is 24.0. The number of nitrogens with zero attached hydrogens (tertiary/aromatic N) is 1. The summed E-state index contributed by atoms with van der Waals surface area (Å²) in [5.74, 6) is -0.907. The number of carbonyl (C=O) groups excluding carboxylic acids is 1. The predicted octanol–water partition coefficient (Wildman–Crippen LogP) is 2.84. The average molecular weight is 332 g/mol. The molecule has 1 unspecified atom stereocenters. The molecule has 0 saturated carbocycles. The highest BCUT2D eigenvalue weighted by atomic mass is 79.9. The molecule has 2 rings (SSSR count). The Labute approximate surface area is 118 Å². The molecule has 0 aromatic carbocycles. The number of amides is 1. The quantitative estimate of drug-likeness (QED) is 0.906. The highest BCUT2D eigenvalue weighted by molar-refractivity contribution is 9.11. The summed E-state index contributed by atoms with van der Waals surface area (Å²) in [5.41, 5.74) is -0.192. The van der Waals surface area contributed by atoms with Crippen LogP contribution in [0.5, 0.6) is 0 Å². The van der Waals surface area contributed by atoms with Crippen LogP contribution in [0.2, 0.25) is 0 Å². The highest BCUT2D eigenvalue weighted by Gasteiger charge is 2.39. The van der Waals surface area contributed by atoms with Crippen molar-refractivity contribution < 1.29 is 14.7 Å². The third-order valence-electron chi connectivity index (χ3n) is 3.31. The highest BCUT2D eigenvalue weighted by Crippen LogP contribution is 2.31. The van der Waals surface area contributed by atoms with E-state index in [1.165, 1.54) is 11.3 Å². The van der Waals surface area contributed by atoms with Crippen molar-refractivity contribution in [1.82, 2.24) is 4.90 Å². The Balaban J connectivity index is 2.14. The van der Waals surface area contributed by atoms with Crippen LogP contribution in [-0.4, -0.2) is 35.0 Å². The van der Waals surface area contributed by atoms with Crippen LogP contribution in [0.1, 0.15) is 30.1 Å². The van der Waals surface area contributed by atoms with Crippen molar-refractivity contribution in [3.05, 3.63) is 20.8 Å². The fraction of sp³-hybridized carbons (Fsp3) is 0.500. The molecular weight excluding hydrogens is 318 g/mol. The number of hydrogen-bond donors (Lipinski definition) is 1. The maximum atomic E-state index is 12.2. The molecule has 6 heteroatoms. The largest absolute Gasteiger partial charge is 0.481 e. The van der Waals surface area contributed by atoms with Gasteiger partial charge >= 0.3 is 5.97 Å². The second-order valence-corrected chi connectivity index (χ2v) is 7.13. The molecule has 1 amide bonds. The molecule has 2 heterocycles. The Morgan fingerprint density at radius 1 is 1.56 bits per heavy atom. The number of rotatable bonds is 2. The number of piperidine rings is 1. The molecule has 4 nitrogen and oxygen atoms in total. The van der Waals surface area contributed by atoms with Gasteiger partial charge in [-0.05, 0) is 41.8 Å². The van der Waals surface area contributed by atoms with Crippen LogP contribution in [0.4, 0.5) is 0 Å². The molecule has 1 aliphatic rings. The maximum absolute atomic E-state index is 12.2. The Bertz CT molecular complexity index is 487. The number of carboxylic acids is 1. The minimum absolute atomic E-state index is 0.0795. The van der Waals surface area contributed by atoms with E-state index in [0.717, 1.165) is 10.2 Å². The third-order valence-corrected chi connectivity index (χ3v) is 4.82. The number of thiophene rings is 1. The van der Waals surface area contributed by atoms with Crippen molar-refractivity contribution in [2.45, 2.75) is 19.8 Å². The second kappa shape index (κ2) is 5.01. The van der Waals surface area contributed by atoms with E-state index >= 15 is 0 Å². The monoisotopic (exact) mass is 331 g/mol. The lowest BCUT2D eigenvalue weighted by Crippen LogP contribution is -2.48. The molecule has 1 fully saturated rings. The van der Waals surface area contributed by atoms with Gasteiger partial charge in [-0.3, -0.25) is 9.59 Å². The lowest BCUT2D eigenvalue weighted by atomic mass is 9.82. The first-order chi connectivity index (χ1) is 8.42. The Morgan fingerprint density at radius 2 is 2.28 bits per heavy atom. The van der Waals surface area contributed by atoms with Crippen molar-refractivity contribution >= 4 is 39.1 Å². The standard InChI is InChI=1S/C12H14BrNO3S/c1-12(11(16)17)3-2-4-14(7-12)10(15)8-5-9(13)18-6-8/h5-6H,2-4,7H2,1H3,(H,16,17). The van der Waals surface area contributed by atoms with Gasteiger partial charge in [0.15, 0.2) is 0 Å². The third kappa shape index (κ3) is 2.59. The predicted molar refractivity (Wildman–Crippen MR) is 72.9 cm³/mol. The first-order valence-corrected chi connectivity index (χ1v) is 7.36. The molecule has 18 heavy (non-hydrogen) atoms. The minimum Gasteiger partial charge on any atom is -0.481 e. The van der Waals surface area contributed by atoms with Gasteiger partial charge in [-0.25, -0.2) is 0 Å². The van der Waals surface area contributed by atoms with Crippen LogP contribution in [0.3, 0.4) is 0 Å². The summed E-state index contributed by atoms with van der Waals surface area (Å²) in [6.45, 7) is 2.63. The number of carbonyl (C=O) groups is 2. The van der Waals surface area contributed by atoms with E-state index in [4.69, 9.17) is 0 Å². The molecule has 1 N–H and O–H groups in total. The van der Waals surface area contributed by atoms with Crippen LogP contribution in [0, 0.1) is 5.41 Å². The molecule has 0 aliphatic carbocycles. The Morgan fingerprint density at radius 3 is 2.83 bits per heavy atom. The number of halogens is 1. The van der Waals surface area contributed by atoms with E-state index in [9.17, 15) is 14.7 Å². The Kier molecular flexibility index (Phi) is 3.77. The van der Waals surface area contributed by atoms with Gasteiger partial charge in [0, 0.05) is 18.5 Å². The van der Waals surface area contributed by atoms with Gasteiger partial charge in [0.1, 0.15) is 0 Å². The maximum Gasteiger partial charge on any atom is 0.311 e. The lowest BCUT2D eigenvalue weighted by molar-refractivity contribution is -0.150. The summed E-state index contributed by atoms with van der Waals surface area (Å²) in [6.07, 6.45) is 1.36. The number of hydrogen-bond acceptors (Lipinski definition) is 3. The summed E-state index contributed by atoms with van der Waals surface area (Å²) in [5, 5.41) is 11.0. The summed E-state index contributed by atoms with van der Waals surface area (Å²) >= 11 is 4.78. The van der Waals surface area contributed by atoms with E-state index in [-0.39, 0.29) is 12.5 Å². The number of carboxylic acid groups (broad SMARTS) is 1. The zero-order valence-electron chi connectivity index (χ0n) is 9.98. The molecule has 1 saturated heterocycles. The van der Waals surface area contributed by atoms with Gasteiger partial charge < -0.3 is 10.0 Å². The Hall–Kier alpha value is -0.880. The lowest BCUT2D eigenvalue weighted by Gasteiger charge is -2.37. The molecule has 1 atom stereocenters. The topological polar surface area (TPSA) is 57.6 Å². The molecule has 0 spiro atoms. The smallest absolute Gasteiger partial charge is 0.311 e. The molecular formula is C12H14BrNO3S. The summed E-state index contributed by atoms with van der Waals surface area (Å²) < 4.78 is 0.906. The fourth-order valence-corrected chi connectivity index (χ4v) is 3.32. The minimum atomic E-state index is -0.827. The zero-order valence-corrected chi connectivity index (χ0v) is 12.4. The van der Waals surface area contributed by atoms with Crippen molar-refractivity contribution in [3.63, 3.8) is 0 Å². The van der Waals surface area contributed by atoms with Crippen LogP contribution in [0.15, 0.2) is 15.2 Å². The SMILES string of the molecule is CC1(C(=O)O)CCCN(C(=O)c2csc(Br)c2)C1. The number of likely N-dealkylation sites (tertiary alicyclic amines) is 1. The van der Waals surface area contributed by atoms with E-state index < -0.39 is 11.4 Å². The van der Waals surface area contributed by atoms with E-state index in [1.54, 1.807) is 23.3 Å². The average Bonchev–Trinajstić information content (AvgIpc) is 2.75. The van der Waals surface area contributed by atoms with Gasteiger partial charge in [0.25, 0.3) is 5.91 Å². The fourth-order valence-electron chi connectivity index (χ4n) is 2.19. The number of aliphatic carboxylic acids is 1. The summed E-state index contributed by atoms with van der Waals surface area (Å²) in [7, 11) is 0. The van der Waals surface area contributed by atoms with E-state index in [0.29, 0.717) is 18.5 Å². The van der Waals surface area contributed by atoms with Crippen molar-refractivity contribution in [2.24, 2.45) is 5.41 Å². The van der Waals surface area contributed by atoms with E-state index in [2.05, 4.69) is 15.9 Å². The molecule has 0 radical (unpaired) electrons. The molecule has 98 valence electrons. The van der Waals surface area contributed by atoms with Crippen molar-refractivity contribution in [2.75, 3.05) is 13.1 Å². The van der Waals surface area contributed by atoms with Gasteiger partial charge in [0.2, 0.25) is 0 Å². The van der Waals surface area contributed by atoms with Crippen LogP contribution in [0.25, 0.3) is 0 Å². The first-order valence-electron chi connectivity index (χ1n) is 5.69. The zero-order chi connectivity index (χ0) is 13.3. The molecule has 1 aliphatic heterocycles. The van der Waals surface area contributed by atoms with Gasteiger partial charge in [-0.2, -0.15) is 0 Å². The second-order valence-electron chi connectivity index (χ2n) is 4.84. The van der Waals surface area contributed by atoms with Crippen molar-refractivity contribution in [3.8, 4) is 0 Å². The van der Waals surface area contributed by atoms with Gasteiger partial charge in [0.05, 0.1) is 14.8 Å². The first kappa shape index (κ1) is 13.5. The molecule has 1 aromatic heterocycles.